The number of hydrogen-bond donors (Lipinski definition) is 0. The van der Waals surface area contributed by atoms with E-state index in [0.717, 1.165) is 36.7 Å². The molecular weight excluding hydrogens is 360 g/mol. The Morgan fingerprint density at radius 3 is 2.04 bits per heavy atom. The lowest BCUT2D eigenvalue weighted by Gasteiger charge is -2.42. The molecule has 0 saturated carbocycles. The second-order valence-corrected chi connectivity index (χ2v) is 12.5. The third-order valence-electron chi connectivity index (χ3n) is 5.42. The van der Waals surface area contributed by atoms with E-state index in [2.05, 4.69) is 81.1 Å². The Bertz CT molecular complexity index is 857. The molecule has 0 spiro atoms. The van der Waals surface area contributed by atoms with Crippen molar-refractivity contribution >= 4 is 25.0 Å². The number of allylic oxidation sites excluding steroid dienone is 2. The van der Waals surface area contributed by atoms with Gasteiger partial charge >= 0.3 is 0 Å². The van der Waals surface area contributed by atoms with E-state index in [1.54, 1.807) is 0 Å². The Hall–Kier alpha value is -2.41. The van der Waals surface area contributed by atoms with Crippen molar-refractivity contribution in [3.8, 4) is 11.8 Å². The zero-order valence-electron chi connectivity index (χ0n) is 17.0. The normalized spacial score (nSPS) is 14.5. The lowest BCUT2D eigenvalue weighted by atomic mass is 10.2. The van der Waals surface area contributed by atoms with Gasteiger partial charge in [-0.05, 0) is 34.7 Å². The Morgan fingerprint density at radius 1 is 0.964 bits per heavy atom. The molecule has 28 heavy (non-hydrogen) atoms. The number of carbonyl (C=O) groups excluding carboxylic acids is 1. The summed E-state index contributed by atoms with van der Waals surface area (Å²) < 4.78 is 6.75. The average Bonchev–Trinajstić information content (AvgIpc) is 3.16. The fourth-order valence-corrected chi connectivity index (χ4v) is 8.53. The maximum atomic E-state index is 11.2. The first-order chi connectivity index (χ1) is 13.5. The van der Waals surface area contributed by atoms with Crippen molar-refractivity contribution in [1.82, 2.24) is 0 Å². The summed E-state index contributed by atoms with van der Waals surface area (Å²) in [6, 6.07) is 21.2. The summed E-state index contributed by atoms with van der Waals surface area (Å²) >= 11 is 0. The molecule has 0 amide bonds. The van der Waals surface area contributed by atoms with Gasteiger partial charge in [-0.15, -0.1) is 0 Å². The highest BCUT2D eigenvalue weighted by atomic mass is 28.4. The van der Waals surface area contributed by atoms with E-state index < -0.39 is 8.32 Å². The molecule has 144 valence electrons. The third-order valence-corrected chi connectivity index (χ3v) is 10.4. The number of aldehydes is 1. The van der Waals surface area contributed by atoms with Gasteiger partial charge < -0.3 is 4.43 Å². The number of carbonyl (C=O) groups is 1. The summed E-state index contributed by atoms with van der Waals surface area (Å²) in [7, 11) is -2.54. The summed E-state index contributed by atoms with van der Waals surface area (Å²) in [6.07, 6.45) is 3.73. The van der Waals surface area contributed by atoms with Gasteiger partial charge in [0.2, 0.25) is 0 Å². The fourth-order valence-electron chi connectivity index (χ4n) is 4.09. The molecule has 0 aromatic heterocycles. The number of benzene rings is 2. The molecule has 0 atom stereocenters. The van der Waals surface area contributed by atoms with E-state index >= 15 is 0 Å². The van der Waals surface area contributed by atoms with Gasteiger partial charge in [-0.1, -0.05) is 93.3 Å². The maximum absolute atomic E-state index is 11.2. The van der Waals surface area contributed by atoms with Gasteiger partial charge in [-0.3, -0.25) is 4.79 Å². The Balaban J connectivity index is 1.99. The van der Waals surface area contributed by atoms with Crippen LogP contribution in [-0.2, 0) is 9.22 Å². The van der Waals surface area contributed by atoms with Gasteiger partial charge in [0.1, 0.15) is 6.29 Å². The minimum Gasteiger partial charge on any atom is -0.396 e. The molecule has 2 aromatic rings. The predicted molar refractivity (Wildman–Crippen MR) is 118 cm³/mol. The minimum absolute atomic E-state index is 0.0576. The third kappa shape index (κ3) is 4.04. The average molecular weight is 389 g/mol. The summed E-state index contributed by atoms with van der Waals surface area (Å²) in [6.45, 7) is 7.15. The van der Waals surface area contributed by atoms with Crippen molar-refractivity contribution in [3.05, 3.63) is 71.8 Å². The second kappa shape index (κ2) is 8.73. The summed E-state index contributed by atoms with van der Waals surface area (Å²) in [5.41, 5.74) is 1.85. The van der Waals surface area contributed by atoms with Gasteiger partial charge in [0.25, 0.3) is 8.32 Å². The first-order valence-corrected chi connectivity index (χ1v) is 11.8. The van der Waals surface area contributed by atoms with Crippen LogP contribution in [0.2, 0.25) is 5.04 Å². The second-order valence-electron chi connectivity index (χ2n) is 8.23. The molecular formula is C25H28O2Si. The van der Waals surface area contributed by atoms with E-state index in [9.17, 15) is 4.79 Å². The van der Waals surface area contributed by atoms with Crippen LogP contribution in [0.15, 0.2) is 71.8 Å². The van der Waals surface area contributed by atoms with Gasteiger partial charge in [-0.2, -0.15) is 0 Å². The van der Waals surface area contributed by atoms with E-state index in [0.29, 0.717) is 6.61 Å². The van der Waals surface area contributed by atoms with Gasteiger partial charge in [0.05, 0.1) is 6.61 Å². The van der Waals surface area contributed by atoms with Crippen LogP contribution in [0, 0.1) is 11.8 Å². The molecule has 1 aliphatic carbocycles. The molecule has 3 heteroatoms. The van der Waals surface area contributed by atoms with E-state index in [1.807, 2.05) is 12.1 Å². The van der Waals surface area contributed by atoms with Crippen molar-refractivity contribution < 1.29 is 9.22 Å². The zero-order chi connectivity index (χ0) is 20.0. The lowest BCUT2D eigenvalue weighted by molar-refractivity contribution is -0.105. The molecule has 0 saturated heterocycles. The Morgan fingerprint density at radius 2 is 1.54 bits per heavy atom. The number of hydrogen-bond acceptors (Lipinski definition) is 2. The molecule has 0 radical (unpaired) electrons. The SMILES string of the molecule is CC(C)(C)[Si](OCC#CC1=C(C=O)CCC1)(c1ccccc1)c1ccccc1. The molecule has 0 N–H and O–H groups in total. The predicted octanol–water partition coefficient (Wildman–Crippen LogP) is 4.25. The van der Waals surface area contributed by atoms with Crippen molar-refractivity contribution in [3.63, 3.8) is 0 Å². The zero-order valence-corrected chi connectivity index (χ0v) is 18.0. The standard InChI is InChI=1S/C25H28O2Si/c1-25(2,3)28(23-15-6-4-7-16-23,24-17-8-5-9-18-24)27-19-11-14-21-12-10-13-22(21)20-26/h4-9,15-18,20H,10,12-13,19H2,1-3H3. The van der Waals surface area contributed by atoms with Crippen molar-refractivity contribution in [1.29, 1.82) is 0 Å². The highest BCUT2D eigenvalue weighted by molar-refractivity contribution is 6.99. The maximum Gasteiger partial charge on any atom is 0.262 e. The molecule has 0 bridgehead atoms. The largest absolute Gasteiger partial charge is 0.396 e. The molecule has 3 rings (SSSR count). The van der Waals surface area contributed by atoms with Crippen LogP contribution in [0.5, 0.6) is 0 Å². The minimum atomic E-state index is -2.54. The topological polar surface area (TPSA) is 26.3 Å². The van der Waals surface area contributed by atoms with E-state index in [4.69, 9.17) is 4.43 Å². The van der Waals surface area contributed by atoms with Crippen molar-refractivity contribution in [2.45, 2.75) is 45.1 Å². The Kier molecular flexibility index (Phi) is 6.34. The van der Waals surface area contributed by atoms with E-state index in [1.165, 1.54) is 10.4 Å². The fraction of sp³-hybridized carbons (Fsp3) is 0.320. The number of rotatable bonds is 5. The first kappa shape index (κ1) is 20.3. The van der Waals surface area contributed by atoms with Gasteiger partial charge in [-0.25, -0.2) is 0 Å². The Labute approximate surface area is 169 Å². The molecule has 0 unspecified atom stereocenters. The van der Waals surface area contributed by atoms with Gasteiger partial charge in [0.15, 0.2) is 0 Å². The quantitative estimate of drug-likeness (QED) is 0.435. The highest BCUT2D eigenvalue weighted by Crippen LogP contribution is 2.36. The molecule has 0 aliphatic heterocycles. The van der Waals surface area contributed by atoms with Crippen LogP contribution >= 0.6 is 0 Å². The van der Waals surface area contributed by atoms with Gasteiger partial charge in [0, 0.05) is 11.1 Å². The summed E-state index contributed by atoms with van der Waals surface area (Å²) in [5, 5.41) is 2.45. The molecule has 1 aliphatic rings. The molecule has 2 nitrogen and oxygen atoms in total. The summed E-state index contributed by atoms with van der Waals surface area (Å²) in [5.74, 6) is 6.41. The molecule has 0 heterocycles. The lowest BCUT2D eigenvalue weighted by Crippen LogP contribution is -2.66. The van der Waals surface area contributed by atoms with Crippen molar-refractivity contribution in [2.75, 3.05) is 6.61 Å². The van der Waals surface area contributed by atoms with Crippen LogP contribution in [0.3, 0.4) is 0 Å². The van der Waals surface area contributed by atoms with E-state index in [-0.39, 0.29) is 5.04 Å². The monoisotopic (exact) mass is 388 g/mol. The van der Waals surface area contributed by atoms with Crippen LogP contribution in [0.1, 0.15) is 40.0 Å². The van der Waals surface area contributed by atoms with Crippen molar-refractivity contribution in [2.24, 2.45) is 0 Å². The van der Waals surface area contributed by atoms with Crippen LogP contribution < -0.4 is 10.4 Å². The van der Waals surface area contributed by atoms with Crippen LogP contribution in [0.25, 0.3) is 0 Å². The van der Waals surface area contributed by atoms with Crippen LogP contribution in [0.4, 0.5) is 0 Å². The highest BCUT2D eigenvalue weighted by Gasteiger charge is 2.49. The molecule has 2 aromatic carbocycles. The molecule has 0 fully saturated rings. The van der Waals surface area contributed by atoms with Crippen LogP contribution in [-0.4, -0.2) is 21.2 Å². The smallest absolute Gasteiger partial charge is 0.262 e. The summed E-state index contributed by atoms with van der Waals surface area (Å²) in [4.78, 5) is 11.2. The first-order valence-electron chi connectivity index (χ1n) is 9.90.